The van der Waals surface area contributed by atoms with Crippen molar-refractivity contribution in [3.8, 4) is 0 Å². The van der Waals surface area contributed by atoms with Gasteiger partial charge >= 0.3 is 11.9 Å². The minimum atomic E-state index is -1.30. The molecule has 4 rings (SSSR count). The molecule has 14 heteroatoms. The van der Waals surface area contributed by atoms with E-state index in [9.17, 15) is 24.0 Å². The fourth-order valence-electron chi connectivity index (χ4n) is 4.40. The zero-order chi connectivity index (χ0) is 28.0. The topological polar surface area (TPSA) is 119 Å². The van der Waals surface area contributed by atoms with Crippen molar-refractivity contribution in [3.63, 3.8) is 0 Å². The van der Waals surface area contributed by atoms with Crippen LogP contribution in [0.4, 0.5) is 5.00 Å². The van der Waals surface area contributed by atoms with Gasteiger partial charge in [0.25, 0.3) is 17.7 Å². The van der Waals surface area contributed by atoms with Crippen molar-refractivity contribution in [2.45, 2.75) is 39.2 Å². The smallest absolute Gasteiger partial charge is 0.341 e. The second kappa shape index (κ2) is 11.5. The van der Waals surface area contributed by atoms with Crippen LogP contribution in [0.5, 0.6) is 0 Å². The van der Waals surface area contributed by atoms with E-state index >= 15 is 0 Å². The standard InChI is InChI=1S/C24H20Br4N2O7S/c1-8-4-5-10-11(6-8)38-20(13(10)24(35)36-3)29-12(31)7-37-23(34)9(2)30-21(32)14-15(22(30)33)17(26)19(28)18(27)16(14)25/h8-9H,4-7H2,1-3H3,(H,29,31)/t8-,9+/m1/s1. The van der Waals surface area contributed by atoms with E-state index in [4.69, 9.17) is 9.47 Å². The Morgan fingerprint density at radius 2 is 1.63 bits per heavy atom. The molecule has 1 N–H and O–H groups in total. The van der Waals surface area contributed by atoms with Gasteiger partial charge in [-0.3, -0.25) is 19.3 Å². The number of hydrogen-bond acceptors (Lipinski definition) is 8. The average molecular weight is 800 g/mol. The number of nitrogens with one attached hydrogen (secondary N) is 1. The van der Waals surface area contributed by atoms with Gasteiger partial charge in [-0.05, 0) is 101 Å². The Balaban J connectivity index is 1.46. The van der Waals surface area contributed by atoms with Crippen LogP contribution < -0.4 is 5.32 Å². The quantitative estimate of drug-likeness (QED) is 0.168. The fraction of sp³-hybridized carbons (Fsp3) is 0.375. The third-order valence-corrected chi connectivity index (χ3v) is 12.3. The van der Waals surface area contributed by atoms with Crippen LogP contribution in [-0.4, -0.2) is 54.3 Å². The average Bonchev–Trinajstić information content (AvgIpc) is 3.36. The van der Waals surface area contributed by atoms with Crippen LogP contribution in [0.15, 0.2) is 17.9 Å². The SMILES string of the molecule is COC(=O)c1c(NC(=O)COC(=O)[C@H](C)N2C(=O)c3c(Br)c(Br)c(Br)c(Br)c3C2=O)sc2c1CC[C@@H](C)C2. The Morgan fingerprint density at radius 1 is 1.05 bits per heavy atom. The van der Waals surface area contributed by atoms with Crippen molar-refractivity contribution < 1.29 is 33.4 Å². The molecule has 1 aromatic carbocycles. The highest BCUT2D eigenvalue weighted by atomic mass is 79.9. The van der Waals surface area contributed by atoms with Crippen LogP contribution in [0.3, 0.4) is 0 Å². The maximum atomic E-state index is 13.1. The number of hydrogen-bond donors (Lipinski definition) is 1. The molecule has 3 amide bonds. The van der Waals surface area contributed by atoms with Crippen molar-refractivity contribution >= 4 is 110 Å². The Morgan fingerprint density at radius 3 is 2.18 bits per heavy atom. The van der Waals surface area contributed by atoms with Gasteiger partial charge in [-0.15, -0.1) is 11.3 Å². The zero-order valence-corrected chi connectivity index (χ0v) is 27.4. The summed E-state index contributed by atoms with van der Waals surface area (Å²) in [5.41, 5.74) is 1.40. The molecular formula is C24H20Br4N2O7S. The Bertz CT molecular complexity index is 1360. The van der Waals surface area contributed by atoms with Crippen molar-refractivity contribution in [1.82, 2.24) is 4.90 Å². The number of carbonyl (C=O) groups excluding carboxylic acids is 5. The molecule has 202 valence electrons. The molecule has 2 aliphatic rings. The number of nitrogens with zero attached hydrogens (tertiary/aromatic N) is 1. The van der Waals surface area contributed by atoms with Gasteiger partial charge in [0.1, 0.15) is 11.0 Å². The zero-order valence-electron chi connectivity index (χ0n) is 20.2. The fourth-order valence-corrected chi connectivity index (χ4v) is 8.27. The molecule has 9 nitrogen and oxygen atoms in total. The van der Waals surface area contributed by atoms with Crippen LogP contribution in [0.25, 0.3) is 0 Å². The Hall–Kier alpha value is -1.61. The maximum Gasteiger partial charge on any atom is 0.341 e. The summed E-state index contributed by atoms with van der Waals surface area (Å²) in [6, 6.07) is -1.30. The predicted octanol–water partition coefficient (Wildman–Crippen LogP) is 5.88. The minimum absolute atomic E-state index is 0.0978. The molecule has 1 aliphatic heterocycles. The Kier molecular flexibility index (Phi) is 8.87. The van der Waals surface area contributed by atoms with E-state index in [-0.39, 0.29) is 11.1 Å². The number of carbonyl (C=O) groups is 5. The van der Waals surface area contributed by atoms with E-state index in [1.165, 1.54) is 25.4 Å². The summed E-state index contributed by atoms with van der Waals surface area (Å²) < 4.78 is 11.8. The van der Waals surface area contributed by atoms with Gasteiger partial charge in [0, 0.05) is 22.8 Å². The monoisotopic (exact) mass is 796 g/mol. The van der Waals surface area contributed by atoms with Crippen molar-refractivity contribution in [1.29, 1.82) is 0 Å². The van der Waals surface area contributed by atoms with E-state index in [0.717, 1.165) is 28.2 Å². The van der Waals surface area contributed by atoms with Crippen LogP contribution in [-0.2, 0) is 31.9 Å². The van der Waals surface area contributed by atoms with E-state index in [1.54, 1.807) is 0 Å². The number of fused-ring (bicyclic) bond motifs is 2. The van der Waals surface area contributed by atoms with E-state index in [2.05, 4.69) is 76.0 Å². The summed E-state index contributed by atoms with van der Waals surface area (Å²) in [6.07, 6.45) is 2.43. The summed E-state index contributed by atoms with van der Waals surface area (Å²) in [5.74, 6) is -3.04. The number of ether oxygens (including phenoxy) is 2. The number of imide groups is 1. The normalized spacial score (nSPS) is 17.1. The largest absolute Gasteiger partial charge is 0.465 e. The number of methoxy groups -OCH3 is 1. The highest BCUT2D eigenvalue weighted by molar-refractivity contribution is 9.15. The highest BCUT2D eigenvalue weighted by Crippen LogP contribution is 2.45. The molecule has 0 unspecified atom stereocenters. The molecule has 2 heterocycles. The number of benzene rings is 1. The van der Waals surface area contributed by atoms with Gasteiger partial charge in [0.05, 0.1) is 23.8 Å². The first kappa shape index (κ1) is 29.4. The summed E-state index contributed by atoms with van der Waals surface area (Å²) in [4.78, 5) is 65.9. The van der Waals surface area contributed by atoms with Gasteiger partial charge in [0.15, 0.2) is 6.61 Å². The lowest BCUT2D eigenvalue weighted by molar-refractivity contribution is -0.150. The second-order valence-electron chi connectivity index (χ2n) is 8.87. The first-order valence-electron chi connectivity index (χ1n) is 11.3. The van der Waals surface area contributed by atoms with E-state index in [1.807, 2.05) is 0 Å². The third kappa shape index (κ3) is 5.14. The minimum Gasteiger partial charge on any atom is -0.465 e. The van der Waals surface area contributed by atoms with Gasteiger partial charge in [0.2, 0.25) is 0 Å². The van der Waals surface area contributed by atoms with Gasteiger partial charge in [-0.1, -0.05) is 6.92 Å². The van der Waals surface area contributed by atoms with Crippen LogP contribution in [0.1, 0.15) is 61.8 Å². The highest BCUT2D eigenvalue weighted by Gasteiger charge is 2.45. The van der Waals surface area contributed by atoms with Crippen molar-refractivity contribution in [2.75, 3.05) is 19.0 Å². The molecule has 0 bridgehead atoms. The first-order valence-corrected chi connectivity index (χ1v) is 15.3. The Labute approximate surface area is 255 Å². The molecule has 0 radical (unpaired) electrons. The molecule has 38 heavy (non-hydrogen) atoms. The number of esters is 2. The van der Waals surface area contributed by atoms with Crippen molar-refractivity contribution in [2.24, 2.45) is 5.92 Å². The lowest BCUT2D eigenvalue weighted by atomic mass is 9.88. The van der Waals surface area contributed by atoms with Crippen LogP contribution in [0.2, 0.25) is 0 Å². The van der Waals surface area contributed by atoms with Crippen LogP contribution in [0, 0.1) is 5.92 Å². The molecule has 2 aromatic rings. The molecule has 1 aliphatic carbocycles. The third-order valence-electron chi connectivity index (χ3n) is 6.36. The number of rotatable bonds is 6. The maximum absolute atomic E-state index is 13.1. The number of amides is 3. The summed E-state index contributed by atoms with van der Waals surface area (Å²) in [7, 11) is 1.28. The number of halogens is 4. The molecule has 0 saturated carbocycles. The molecule has 0 spiro atoms. The van der Waals surface area contributed by atoms with E-state index < -0.39 is 42.3 Å². The summed E-state index contributed by atoms with van der Waals surface area (Å²) >= 11 is 14.7. The summed E-state index contributed by atoms with van der Waals surface area (Å²) in [5, 5.41) is 3.00. The molecule has 0 fully saturated rings. The molecule has 0 saturated heterocycles. The number of anilines is 1. The van der Waals surface area contributed by atoms with E-state index in [0.29, 0.717) is 40.8 Å². The van der Waals surface area contributed by atoms with Crippen molar-refractivity contribution in [3.05, 3.63) is 45.0 Å². The molecule has 2 atom stereocenters. The molecule has 1 aromatic heterocycles. The van der Waals surface area contributed by atoms with Gasteiger partial charge in [-0.2, -0.15) is 0 Å². The van der Waals surface area contributed by atoms with Crippen LogP contribution >= 0.6 is 75.1 Å². The number of thiophene rings is 1. The second-order valence-corrected chi connectivity index (χ2v) is 13.1. The first-order chi connectivity index (χ1) is 17.9. The van der Waals surface area contributed by atoms with Gasteiger partial charge < -0.3 is 14.8 Å². The lowest BCUT2D eigenvalue weighted by Gasteiger charge is -2.20. The lowest BCUT2D eigenvalue weighted by Crippen LogP contribution is -2.44. The van der Waals surface area contributed by atoms with Gasteiger partial charge in [-0.25, -0.2) is 9.59 Å². The summed E-state index contributed by atoms with van der Waals surface area (Å²) in [6.45, 7) is 2.80. The molecular weight excluding hydrogens is 780 g/mol. The predicted molar refractivity (Wildman–Crippen MR) is 154 cm³/mol.